The molecule has 0 saturated heterocycles. The van der Waals surface area contributed by atoms with Crippen molar-refractivity contribution in [2.45, 2.75) is 51.7 Å². The lowest BCUT2D eigenvalue weighted by Gasteiger charge is -2.27. The van der Waals surface area contributed by atoms with Gasteiger partial charge >= 0.3 is 0 Å². The molecule has 0 bridgehead atoms. The quantitative estimate of drug-likeness (QED) is 0.653. The molecule has 12 heavy (non-hydrogen) atoms. The van der Waals surface area contributed by atoms with Crippen LogP contribution in [-0.4, -0.2) is 24.8 Å². The van der Waals surface area contributed by atoms with E-state index in [1.807, 2.05) is 0 Å². The van der Waals surface area contributed by atoms with Crippen molar-refractivity contribution in [3.8, 4) is 0 Å². The molecule has 72 valence electrons. The lowest BCUT2D eigenvalue weighted by molar-refractivity contribution is 0.00264. The number of rotatable bonds is 4. The molecule has 1 aliphatic carbocycles. The van der Waals surface area contributed by atoms with Gasteiger partial charge in [0.05, 0.1) is 12.7 Å². The van der Waals surface area contributed by atoms with Gasteiger partial charge in [-0.2, -0.15) is 0 Å². The van der Waals surface area contributed by atoms with Crippen LogP contribution < -0.4 is 5.32 Å². The topological polar surface area (TPSA) is 21.3 Å². The highest BCUT2D eigenvalue weighted by molar-refractivity contribution is 4.71. The molecule has 2 heteroatoms. The molecular formula is C10H21NO. The Kier molecular flexibility index (Phi) is 3.53. The van der Waals surface area contributed by atoms with Crippen molar-refractivity contribution in [2.24, 2.45) is 0 Å². The number of ether oxygens (including phenoxy) is 1. The van der Waals surface area contributed by atoms with Crippen LogP contribution in [0.1, 0.15) is 40.0 Å². The van der Waals surface area contributed by atoms with Crippen LogP contribution in [0.3, 0.4) is 0 Å². The molecule has 1 fully saturated rings. The van der Waals surface area contributed by atoms with Gasteiger partial charge in [-0.25, -0.2) is 0 Å². The lowest BCUT2D eigenvalue weighted by atomic mass is 9.96. The van der Waals surface area contributed by atoms with Crippen LogP contribution in [0, 0.1) is 0 Å². The molecule has 0 aromatic heterocycles. The molecule has 0 amide bonds. The third-order valence-electron chi connectivity index (χ3n) is 2.16. The first kappa shape index (κ1) is 10.0. The summed E-state index contributed by atoms with van der Waals surface area (Å²) in [6, 6.07) is 0. The monoisotopic (exact) mass is 171 g/mol. The summed E-state index contributed by atoms with van der Waals surface area (Å²) in [5, 5.41) is 3.40. The average molecular weight is 171 g/mol. The van der Waals surface area contributed by atoms with Gasteiger partial charge in [0.1, 0.15) is 0 Å². The molecule has 1 saturated carbocycles. The maximum absolute atomic E-state index is 5.61. The average Bonchev–Trinajstić information content (AvgIpc) is 1.80. The summed E-state index contributed by atoms with van der Waals surface area (Å²) < 4.78 is 5.61. The predicted octanol–water partition coefficient (Wildman–Crippen LogP) is 1.94. The van der Waals surface area contributed by atoms with E-state index in [1.54, 1.807) is 0 Å². The first-order valence-electron chi connectivity index (χ1n) is 4.94. The second-order valence-electron chi connectivity index (χ2n) is 4.60. The largest absolute Gasteiger partial charge is 0.377 e. The van der Waals surface area contributed by atoms with E-state index in [0.29, 0.717) is 6.10 Å². The highest BCUT2D eigenvalue weighted by Crippen LogP contribution is 2.21. The molecule has 2 nitrogen and oxygen atoms in total. The highest BCUT2D eigenvalue weighted by atomic mass is 16.5. The first-order valence-corrected chi connectivity index (χ1v) is 4.94. The van der Waals surface area contributed by atoms with Gasteiger partial charge < -0.3 is 10.1 Å². The molecule has 0 radical (unpaired) electrons. The summed E-state index contributed by atoms with van der Waals surface area (Å²) in [5.41, 5.74) is 0.225. The van der Waals surface area contributed by atoms with Crippen LogP contribution >= 0.6 is 0 Å². The summed E-state index contributed by atoms with van der Waals surface area (Å²) in [6.45, 7) is 8.37. The van der Waals surface area contributed by atoms with E-state index >= 15 is 0 Å². The van der Waals surface area contributed by atoms with Gasteiger partial charge in [0.15, 0.2) is 0 Å². The van der Waals surface area contributed by atoms with E-state index in [0.717, 1.165) is 13.2 Å². The SMILES string of the molecule is CC(C)(C)NCCOC1CCC1. The van der Waals surface area contributed by atoms with E-state index in [9.17, 15) is 0 Å². The number of hydrogen-bond donors (Lipinski definition) is 1. The van der Waals surface area contributed by atoms with Gasteiger partial charge in [-0.1, -0.05) is 0 Å². The summed E-state index contributed by atoms with van der Waals surface area (Å²) in [7, 11) is 0. The smallest absolute Gasteiger partial charge is 0.0594 e. The zero-order valence-electron chi connectivity index (χ0n) is 8.52. The van der Waals surface area contributed by atoms with Crippen molar-refractivity contribution in [2.75, 3.05) is 13.2 Å². The zero-order chi connectivity index (χ0) is 9.03. The van der Waals surface area contributed by atoms with Gasteiger partial charge in [-0.3, -0.25) is 0 Å². The van der Waals surface area contributed by atoms with Crippen molar-refractivity contribution in [3.63, 3.8) is 0 Å². The van der Waals surface area contributed by atoms with Crippen LogP contribution in [0.25, 0.3) is 0 Å². The molecule has 0 atom stereocenters. The van der Waals surface area contributed by atoms with Gasteiger partial charge in [0.25, 0.3) is 0 Å². The molecule has 1 aliphatic rings. The maximum atomic E-state index is 5.61. The minimum Gasteiger partial charge on any atom is -0.377 e. The van der Waals surface area contributed by atoms with Crippen LogP contribution in [0.4, 0.5) is 0 Å². The number of nitrogens with one attached hydrogen (secondary N) is 1. The fourth-order valence-electron chi connectivity index (χ4n) is 1.19. The van der Waals surface area contributed by atoms with E-state index < -0.39 is 0 Å². The molecule has 0 aliphatic heterocycles. The van der Waals surface area contributed by atoms with Gasteiger partial charge in [0.2, 0.25) is 0 Å². The van der Waals surface area contributed by atoms with Crippen molar-refractivity contribution < 1.29 is 4.74 Å². The van der Waals surface area contributed by atoms with Gasteiger partial charge in [-0.15, -0.1) is 0 Å². The Labute approximate surface area is 75.7 Å². The third-order valence-corrected chi connectivity index (χ3v) is 2.16. The second kappa shape index (κ2) is 4.24. The Hall–Kier alpha value is -0.0800. The fourth-order valence-corrected chi connectivity index (χ4v) is 1.19. The minimum atomic E-state index is 0.225. The minimum absolute atomic E-state index is 0.225. The maximum Gasteiger partial charge on any atom is 0.0594 e. The van der Waals surface area contributed by atoms with E-state index in [-0.39, 0.29) is 5.54 Å². The van der Waals surface area contributed by atoms with Gasteiger partial charge in [-0.05, 0) is 40.0 Å². The van der Waals surface area contributed by atoms with Crippen molar-refractivity contribution in [1.82, 2.24) is 5.32 Å². The fraction of sp³-hybridized carbons (Fsp3) is 1.00. The van der Waals surface area contributed by atoms with Crippen LogP contribution in [0.15, 0.2) is 0 Å². The molecule has 1 rings (SSSR count). The molecule has 1 N–H and O–H groups in total. The van der Waals surface area contributed by atoms with Crippen molar-refractivity contribution >= 4 is 0 Å². The Morgan fingerprint density at radius 2 is 2.00 bits per heavy atom. The first-order chi connectivity index (χ1) is 5.58. The van der Waals surface area contributed by atoms with Crippen LogP contribution in [0.5, 0.6) is 0 Å². The molecule has 0 aromatic carbocycles. The summed E-state index contributed by atoms with van der Waals surface area (Å²) >= 11 is 0. The number of hydrogen-bond acceptors (Lipinski definition) is 2. The second-order valence-corrected chi connectivity index (χ2v) is 4.60. The summed E-state index contributed by atoms with van der Waals surface area (Å²) in [4.78, 5) is 0. The van der Waals surface area contributed by atoms with E-state index in [1.165, 1.54) is 19.3 Å². The highest BCUT2D eigenvalue weighted by Gasteiger charge is 2.17. The van der Waals surface area contributed by atoms with Crippen LogP contribution in [0.2, 0.25) is 0 Å². The molecule has 0 heterocycles. The summed E-state index contributed by atoms with van der Waals surface area (Å²) in [6.07, 6.45) is 4.48. The Morgan fingerprint density at radius 3 is 2.42 bits per heavy atom. The van der Waals surface area contributed by atoms with Crippen LogP contribution in [-0.2, 0) is 4.74 Å². The lowest BCUT2D eigenvalue weighted by Crippen LogP contribution is -2.38. The predicted molar refractivity (Wildman–Crippen MR) is 51.3 cm³/mol. The van der Waals surface area contributed by atoms with Gasteiger partial charge in [0, 0.05) is 12.1 Å². The Balaban J connectivity index is 1.88. The third kappa shape index (κ3) is 4.07. The van der Waals surface area contributed by atoms with Crippen molar-refractivity contribution in [1.29, 1.82) is 0 Å². The normalized spacial score (nSPS) is 19.2. The van der Waals surface area contributed by atoms with E-state index in [2.05, 4.69) is 26.1 Å². The zero-order valence-corrected chi connectivity index (χ0v) is 8.52. The van der Waals surface area contributed by atoms with Crippen molar-refractivity contribution in [3.05, 3.63) is 0 Å². The molecular weight excluding hydrogens is 150 g/mol. The summed E-state index contributed by atoms with van der Waals surface area (Å²) in [5.74, 6) is 0. The Morgan fingerprint density at radius 1 is 1.33 bits per heavy atom. The standard InChI is InChI=1S/C10H21NO/c1-10(2,3)11-7-8-12-9-5-4-6-9/h9,11H,4-8H2,1-3H3. The Bertz CT molecular complexity index is 124. The molecule has 0 aromatic rings. The van der Waals surface area contributed by atoms with E-state index in [4.69, 9.17) is 4.74 Å². The molecule has 0 spiro atoms. The molecule has 0 unspecified atom stereocenters.